The number of hydrogen-bond donors (Lipinski definition) is 1. The summed E-state index contributed by atoms with van der Waals surface area (Å²) in [5.74, 6) is -0.260. The van der Waals surface area contributed by atoms with Crippen molar-refractivity contribution in [2.45, 2.75) is 6.92 Å². The third kappa shape index (κ3) is 2.38. The first kappa shape index (κ1) is 9.91. The molecule has 0 spiro atoms. The molecule has 0 saturated heterocycles. The maximum atomic E-state index is 11.1. The van der Waals surface area contributed by atoms with Gasteiger partial charge in [0.1, 0.15) is 0 Å². The Hall–Kier alpha value is -1.17. The molecule has 0 amide bonds. The highest BCUT2D eigenvalue weighted by Gasteiger charge is 2.10. The predicted molar refractivity (Wildman–Crippen MR) is 50.1 cm³/mol. The normalized spacial score (nSPS) is 9.69. The number of nitrogen functional groups attached to an aromatic ring is 1. The molecule has 6 heteroatoms. The summed E-state index contributed by atoms with van der Waals surface area (Å²) in [5, 5.41) is 7.14. The molecule has 1 aromatic heterocycles. The van der Waals surface area contributed by atoms with Gasteiger partial charge in [-0.2, -0.15) is 0 Å². The molecule has 5 nitrogen and oxygen atoms in total. The van der Waals surface area contributed by atoms with Crippen molar-refractivity contribution in [2.75, 3.05) is 12.3 Å². The van der Waals surface area contributed by atoms with E-state index >= 15 is 0 Å². The summed E-state index contributed by atoms with van der Waals surface area (Å²) in [6.45, 7) is 2.03. The zero-order valence-corrected chi connectivity index (χ0v) is 8.54. The lowest BCUT2D eigenvalue weighted by atomic mass is 10.4. The van der Waals surface area contributed by atoms with Crippen molar-refractivity contribution in [3.63, 3.8) is 0 Å². The van der Waals surface area contributed by atoms with Crippen molar-refractivity contribution in [1.82, 2.24) is 10.2 Å². The number of carbonyl (C=O) groups is 1. The lowest BCUT2D eigenvalue weighted by Gasteiger charge is -2.01. The fraction of sp³-hybridized carbons (Fsp3) is 0.286. The number of nitrogens with zero attached hydrogens (tertiary/aromatic N) is 2. The zero-order chi connectivity index (χ0) is 9.84. The third-order valence-electron chi connectivity index (χ3n) is 1.26. The summed E-state index contributed by atoms with van der Waals surface area (Å²) < 4.78 is 5.25. The van der Waals surface area contributed by atoms with Crippen molar-refractivity contribution >= 4 is 27.7 Å². The van der Waals surface area contributed by atoms with Gasteiger partial charge in [0.15, 0.2) is 11.5 Å². The molecule has 0 aliphatic carbocycles. The minimum Gasteiger partial charge on any atom is -0.461 e. The molecule has 0 fully saturated rings. The maximum Gasteiger partial charge on any atom is 0.358 e. The van der Waals surface area contributed by atoms with E-state index in [-0.39, 0.29) is 11.5 Å². The maximum absolute atomic E-state index is 11.1. The van der Waals surface area contributed by atoms with Crippen LogP contribution in [0.1, 0.15) is 17.4 Å². The van der Waals surface area contributed by atoms with Gasteiger partial charge in [-0.05, 0) is 28.9 Å². The fourth-order valence-electron chi connectivity index (χ4n) is 0.683. The molecular formula is C7H8BrN3O2. The van der Waals surface area contributed by atoms with E-state index in [1.54, 1.807) is 6.92 Å². The second-order valence-corrected chi connectivity index (χ2v) is 3.04. The van der Waals surface area contributed by atoms with E-state index in [1.165, 1.54) is 6.07 Å². The second-order valence-electron chi connectivity index (χ2n) is 2.18. The third-order valence-corrected chi connectivity index (χ3v) is 1.89. The van der Waals surface area contributed by atoms with E-state index in [9.17, 15) is 4.79 Å². The zero-order valence-electron chi connectivity index (χ0n) is 6.95. The van der Waals surface area contributed by atoms with Gasteiger partial charge < -0.3 is 10.5 Å². The average molecular weight is 246 g/mol. The van der Waals surface area contributed by atoms with Crippen molar-refractivity contribution < 1.29 is 9.53 Å². The van der Waals surface area contributed by atoms with E-state index in [1.807, 2.05) is 0 Å². The first-order chi connectivity index (χ1) is 6.15. The molecule has 0 bridgehead atoms. The Labute approximate surface area is 83.4 Å². The van der Waals surface area contributed by atoms with E-state index in [0.29, 0.717) is 11.1 Å². The van der Waals surface area contributed by atoms with Crippen LogP contribution in [0.3, 0.4) is 0 Å². The van der Waals surface area contributed by atoms with Crippen LogP contribution in [0.4, 0.5) is 5.82 Å². The van der Waals surface area contributed by atoms with Crippen molar-refractivity contribution in [2.24, 2.45) is 0 Å². The van der Waals surface area contributed by atoms with Crippen LogP contribution in [0.5, 0.6) is 0 Å². The Morgan fingerprint density at radius 2 is 2.38 bits per heavy atom. The molecule has 0 unspecified atom stereocenters. The Bertz CT molecular complexity index is 330. The topological polar surface area (TPSA) is 78.1 Å². The molecule has 2 N–H and O–H groups in total. The van der Waals surface area contributed by atoms with Crippen LogP contribution in [0.2, 0.25) is 0 Å². The molecular weight excluding hydrogens is 238 g/mol. The van der Waals surface area contributed by atoms with Crippen molar-refractivity contribution in [3.8, 4) is 0 Å². The lowest BCUT2D eigenvalue weighted by Crippen LogP contribution is -2.09. The predicted octanol–water partition coefficient (Wildman–Crippen LogP) is 0.998. The molecule has 0 saturated carbocycles. The largest absolute Gasteiger partial charge is 0.461 e. The van der Waals surface area contributed by atoms with Gasteiger partial charge in [-0.25, -0.2) is 4.79 Å². The number of rotatable bonds is 2. The molecule has 0 atom stereocenters. The van der Waals surface area contributed by atoms with Gasteiger partial charge in [0.2, 0.25) is 0 Å². The smallest absolute Gasteiger partial charge is 0.358 e. The Morgan fingerprint density at radius 3 is 2.92 bits per heavy atom. The highest BCUT2D eigenvalue weighted by Crippen LogP contribution is 2.16. The van der Waals surface area contributed by atoms with E-state index < -0.39 is 5.97 Å². The number of hydrogen-bond acceptors (Lipinski definition) is 5. The Balaban J connectivity index is 2.90. The summed E-state index contributed by atoms with van der Waals surface area (Å²) in [6, 6.07) is 1.47. The summed E-state index contributed by atoms with van der Waals surface area (Å²) in [7, 11) is 0. The molecule has 0 aliphatic heterocycles. The number of carbonyl (C=O) groups excluding carboxylic acids is 1. The summed E-state index contributed by atoms with van der Waals surface area (Å²) in [5.41, 5.74) is 5.53. The second kappa shape index (κ2) is 4.18. The molecule has 0 aromatic carbocycles. The van der Waals surface area contributed by atoms with Gasteiger partial charge in [0.05, 0.1) is 11.1 Å². The Morgan fingerprint density at radius 1 is 1.69 bits per heavy atom. The lowest BCUT2D eigenvalue weighted by molar-refractivity contribution is 0.0518. The van der Waals surface area contributed by atoms with Crippen LogP contribution in [0, 0.1) is 0 Å². The minimum atomic E-state index is -0.504. The van der Waals surface area contributed by atoms with Crippen LogP contribution in [0.25, 0.3) is 0 Å². The van der Waals surface area contributed by atoms with Crippen LogP contribution < -0.4 is 5.73 Å². The van der Waals surface area contributed by atoms with Gasteiger partial charge in [0.25, 0.3) is 0 Å². The van der Waals surface area contributed by atoms with Gasteiger partial charge in [0, 0.05) is 0 Å². The molecule has 70 valence electrons. The van der Waals surface area contributed by atoms with E-state index in [0.717, 1.165) is 0 Å². The average Bonchev–Trinajstić information content (AvgIpc) is 2.10. The monoisotopic (exact) mass is 245 g/mol. The highest BCUT2D eigenvalue weighted by molar-refractivity contribution is 9.10. The van der Waals surface area contributed by atoms with Gasteiger partial charge >= 0.3 is 5.97 Å². The van der Waals surface area contributed by atoms with Gasteiger partial charge in [-0.15, -0.1) is 10.2 Å². The van der Waals surface area contributed by atoms with Crippen LogP contribution in [0.15, 0.2) is 10.5 Å². The number of nitrogens with two attached hydrogens (primary N) is 1. The quantitative estimate of drug-likeness (QED) is 0.787. The fourth-order valence-corrected chi connectivity index (χ4v) is 0.979. The molecule has 13 heavy (non-hydrogen) atoms. The van der Waals surface area contributed by atoms with Crippen molar-refractivity contribution in [3.05, 3.63) is 16.2 Å². The number of anilines is 1. The summed E-state index contributed by atoms with van der Waals surface area (Å²) in [6.07, 6.45) is 0. The number of aromatic nitrogens is 2. The first-order valence-electron chi connectivity index (χ1n) is 3.61. The van der Waals surface area contributed by atoms with E-state index in [2.05, 4.69) is 26.1 Å². The minimum absolute atomic E-state index is 0.142. The van der Waals surface area contributed by atoms with E-state index in [4.69, 9.17) is 10.5 Å². The van der Waals surface area contributed by atoms with Gasteiger partial charge in [-0.1, -0.05) is 0 Å². The van der Waals surface area contributed by atoms with Crippen molar-refractivity contribution in [1.29, 1.82) is 0 Å². The first-order valence-corrected chi connectivity index (χ1v) is 4.40. The number of esters is 1. The Kier molecular flexibility index (Phi) is 3.18. The molecule has 0 aliphatic rings. The molecule has 0 radical (unpaired) electrons. The number of ether oxygens (including phenoxy) is 1. The SMILES string of the molecule is CCOC(=O)c1cc(Br)c(N)nn1. The van der Waals surface area contributed by atoms with Gasteiger partial charge in [-0.3, -0.25) is 0 Å². The van der Waals surface area contributed by atoms with Crippen LogP contribution >= 0.6 is 15.9 Å². The highest BCUT2D eigenvalue weighted by atomic mass is 79.9. The van der Waals surface area contributed by atoms with Crippen LogP contribution in [-0.4, -0.2) is 22.8 Å². The molecule has 1 aromatic rings. The standard InChI is InChI=1S/C7H8BrN3O2/c1-2-13-7(12)5-3-4(8)6(9)11-10-5/h3H,2H2,1H3,(H2,9,11). The van der Waals surface area contributed by atoms with Crippen LogP contribution in [-0.2, 0) is 4.74 Å². The summed E-state index contributed by atoms with van der Waals surface area (Å²) in [4.78, 5) is 11.1. The number of halogens is 1. The molecule has 1 heterocycles. The summed E-state index contributed by atoms with van der Waals surface area (Å²) >= 11 is 3.13. The molecule has 1 rings (SSSR count).